The summed E-state index contributed by atoms with van der Waals surface area (Å²) < 4.78 is 0. The molecular formula is C12H25Br. The average Bonchev–Trinajstić information content (AvgIpc) is 2.04. The monoisotopic (exact) mass is 248 g/mol. The van der Waals surface area contributed by atoms with E-state index in [4.69, 9.17) is 0 Å². The van der Waals surface area contributed by atoms with E-state index in [1.165, 1.54) is 32.1 Å². The van der Waals surface area contributed by atoms with Gasteiger partial charge in [-0.1, -0.05) is 62.9 Å². The molecule has 0 aliphatic heterocycles. The van der Waals surface area contributed by atoms with Crippen molar-refractivity contribution in [2.75, 3.05) is 5.33 Å². The van der Waals surface area contributed by atoms with Gasteiger partial charge in [-0.05, 0) is 24.2 Å². The zero-order valence-electron chi connectivity index (χ0n) is 9.70. The molecule has 13 heavy (non-hydrogen) atoms. The van der Waals surface area contributed by atoms with E-state index in [-0.39, 0.29) is 0 Å². The van der Waals surface area contributed by atoms with Crippen molar-refractivity contribution in [3.63, 3.8) is 0 Å². The quantitative estimate of drug-likeness (QED) is 0.556. The number of rotatable bonds is 7. The molecule has 0 nitrogen and oxygen atoms in total. The molecule has 0 bridgehead atoms. The van der Waals surface area contributed by atoms with E-state index in [2.05, 4.69) is 43.6 Å². The molecule has 0 saturated heterocycles. The Hall–Kier alpha value is 0.480. The third-order valence-electron chi connectivity index (χ3n) is 2.74. The summed E-state index contributed by atoms with van der Waals surface area (Å²) in [6, 6.07) is 0. The van der Waals surface area contributed by atoms with Gasteiger partial charge in [0.1, 0.15) is 0 Å². The average molecular weight is 249 g/mol. The lowest BCUT2D eigenvalue weighted by molar-refractivity contribution is 0.295. The second-order valence-electron chi connectivity index (χ2n) is 4.98. The van der Waals surface area contributed by atoms with Crippen LogP contribution in [0.1, 0.15) is 59.8 Å². The first-order chi connectivity index (χ1) is 6.04. The molecule has 0 radical (unpaired) electrons. The van der Waals surface area contributed by atoms with Gasteiger partial charge in [0.05, 0.1) is 0 Å². The molecule has 0 aromatic carbocycles. The molecule has 0 saturated carbocycles. The largest absolute Gasteiger partial charge is 0.0922 e. The molecule has 0 aliphatic carbocycles. The van der Waals surface area contributed by atoms with Gasteiger partial charge in [-0.15, -0.1) is 0 Å². The van der Waals surface area contributed by atoms with Crippen molar-refractivity contribution in [1.29, 1.82) is 0 Å². The minimum atomic E-state index is 0.545. The molecule has 0 N–H and O–H groups in total. The molecule has 80 valence electrons. The minimum Gasteiger partial charge on any atom is -0.0922 e. The fraction of sp³-hybridized carbons (Fsp3) is 1.00. The first kappa shape index (κ1) is 13.5. The van der Waals surface area contributed by atoms with Crippen LogP contribution in [0.4, 0.5) is 0 Å². The highest BCUT2D eigenvalue weighted by molar-refractivity contribution is 9.09. The fourth-order valence-corrected chi connectivity index (χ4v) is 2.36. The Bertz CT molecular complexity index is 120. The summed E-state index contributed by atoms with van der Waals surface area (Å²) in [6.45, 7) is 9.31. The van der Waals surface area contributed by atoms with Crippen LogP contribution in [-0.4, -0.2) is 5.33 Å². The number of hydrogen-bond acceptors (Lipinski definition) is 0. The Morgan fingerprint density at radius 2 is 1.85 bits per heavy atom. The second kappa shape index (κ2) is 6.86. The van der Waals surface area contributed by atoms with Gasteiger partial charge < -0.3 is 0 Å². The van der Waals surface area contributed by atoms with E-state index in [0.29, 0.717) is 5.41 Å². The predicted octanol–water partition coefficient (Wildman–Crippen LogP) is 5.01. The topological polar surface area (TPSA) is 0 Å². The zero-order valence-corrected chi connectivity index (χ0v) is 11.3. The van der Waals surface area contributed by atoms with E-state index in [9.17, 15) is 0 Å². The van der Waals surface area contributed by atoms with E-state index in [1.807, 2.05) is 0 Å². The van der Waals surface area contributed by atoms with Crippen LogP contribution in [0.25, 0.3) is 0 Å². The Morgan fingerprint density at radius 1 is 1.23 bits per heavy atom. The SMILES string of the molecule is CCCC(C)(CBr)CCCC(C)C. The van der Waals surface area contributed by atoms with Gasteiger partial charge in [0, 0.05) is 5.33 Å². The summed E-state index contributed by atoms with van der Waals surface area (Å²) in [5.74, 6) is 0.862. The zero-order chi connectivity index (χ0) is 10.3. The lowest BCUT2D eigenvalue weighted by Gasteiger charge is -2.27. The van der Waals surface area contributed by atoms with E-state index >= 15 is 0 Å². The summed E-state index contributed by atoms with van der Waals surface area (Å²) >= 11 is 3.64. The van der Waals surface area contributed by atoms with Crippen LogP contribution in [0.2, 0.25) is 0 Å². The van der Waals surface area contributed by atoms with Crippen molar-refractivity contribution in [1.82, 2.24) is 0 Å². The van der Waals surface area contributed by atoms with Crippen LogP contribution >= 0.6 is 15.9 Å². The molecule has 0 fully saturated rings. The van der Waals surface area contributed by atoms with E-state index in [1.54, 1.807) is 0 Å². The Kier molecular flexibility index (Phi) is 7.12. The normalized spacial score (nSPS) is 16.2. The van der Waals surface area contributed by atoms with Gasteiger partial charge in [0.25, 0.3) is 0 Å². The van der Waals surface area contributed by atoms with E-state index < -0.39 is 0 Å². The fourth-order valence-electron chi connectivity index (χ4n) is 1.80. The molecular weight excluding hydrogens is 224 g/mol. The van der Waals surface area contributed by atoms with Crippen molar-refractivity contribution < 1.29 is 0 Å². The molecule has 1 heteroatoms. The number of halogens is 1. The van der Waals surface area contributed by atoms with Crippen molar-refractivity contribution in [3.8, 4) is 0 Å². The Balaban J connectivity index is 3.69. The maximum Gasteiger partial charge on any atom is 0.00853 e. The van der Waals surface area contributed by atoms with Crippen LogP contribution < -0.4 is 0 Å². The lowest BCUT2D eigenvalue weighted by Crippen LogP contribution is -2.18. The van der Waals surface area contributed by atoms with Gasteiger partial charge in [-0.25, -0.2) is 0 Å². The third kappa shape index (κ3) is 6.54. The van der Waals surface area contributed by atoms with Crippen LogP contribution in [0.15, 0.2) is 0 Å². The molecule has 0 aromatic heterocycles. The van der Waals surface area contributed by atoms with Gasteiger partial charge in [-0.3, -0.25) is 0 Å². The second-order valence-corrected chi connectivity index (χ2v) is 5.54. The highest BCUT2D eigenvalue weighted by Gasteiger charge is 2.20. The number of hydrogen-bond donors (Lipinski definition) is 0. The van der Waals surface area contributed by atoms with Crippen LogP contribution in [0.5, 0.6) is 0 Å². The predicted molar refractivity (Wildman–Crippen MR) is 65.5 cm³/mol. The summed E-state index contributed by atoms with van der Waals surface area (Å²) in [5.41, 5.74) is 0.545. The smallest absolute Gasteiger partial charge is 0.00853 e. The molecule has 0 amide bonds. The maximum atomic E-state index is 3.64. The van der Waals surface area contributed by atoms with Crippen molar-refractivity contribution in [2.24, 2.45) is 11.3 Å². The van der Waals surface area contributed by atoms with Crippen LogP contribution in [0.3, 0.4) is 0 Å². The molecule has 0 aliphatic rings. The molecule has 1 atom stereocenters. The van der Waals surface area contributed by atoms with Crippen LogP contribution in [-0.2, 0) is 0 Å². The molecule has 1 unspecified atom stereocenters. The first-order valence-electron chi connectivity index (χ1n) is 5.60. The number of alkyl halides is 1. The third-order valence-corrected chi connectivity index (χ3v) is 4.09. The first-order valence-corrected chi connectivity index (χ1v) is 6.72. The van der Waals surface area contributed by atoms with E-state index in [0.717, 1.165) is 11.2 Å². The summed E-state index contributed by atoms with van der Waals surface area (Å²) in [4.78, 5) is 0. The molecule has 0 spiro atoms. The van der Waals surface area contributed by atoms with Crippen LogP contribution in [0, 0.1) is 11.3 Å². The minimum absolute atomic E-state index is 0.545. The standard InChI is InChI=1S/C12H25Br/c1-5-8-12(4,10-13)9-6-7-11(2)3/h11H,5-10H2,1-4H3. The highest BCUT2D eigenvalue weighted by Crippen LogP contribution is 2.32. The molecule has 0 aromatic rings. The van der Waals surface area contributed by atoms with Gasteiger partial charge in [0.15, 0.2) is 0 Å². The Labute approximate surface area is 92.6 Å². The molecule has 0 rings (SSSR count). The summed E-state index contributed by atoms with van der Waals surface area (Å²) in [5, 5.41) is 1.16. The van der Waals surface area contributed by atoms with Crippen molar-refractivity contribution in [3.05, 3.63) is 0 Å². The maximum absolute atomic E-state index is 3.64. The van der Waals surface area contributed by atoms with Crippen molar-refractivity contribution in [2.45, 2.75) is 59.8 Å². The lowest BCUT2D eigenvalue weighted by atomic mass is 9.82. The summed E-state index contributed by atoms with van der Waals surface area (Å²) in [6.07, 6.45) is 6.82. The Morgan fingerprint density at radius 3 is 2.23 bits per heavy atom. The van der Waals surface area contributed by atoms with Gasteiger partial charge >= 0.3 is 0 Å². The summed E-state index contributed by atoms with van der Waals surface area (Å²) in [7, 11) is 0. The van der Waals surface area contributed by atoms with Gasteiger partial charge in [-0.2, -0.15) is 0 Å². The highest BCUT2D eigenvalue weighted by atomic mass is 79.9. The van der Waals surface area contributed by atoms with Crippen molar-refractivity contribution >= 4 is 15.9 Å². The van der Waals surface area contributed by atoms with Gasteiger partial charge in [0.2, 0.25) is 0 Å². The molecule has 0 heterocycles.